The fraction of sp³-hybridized carbons (Fsp3) is 0.750. The maximum Gasteiger partial charge on any atom is 0.148 e. The Bertz CT molecular complexity index is 512. The highest BCUT2D eigenvalue weighted by Crippen LogP contribution is 2.40. The Labute approximate surface area is 127 Å². The van der Waals surface area contributed by atoms with Gasteiger partial charge in [0.1, 0.15) is 17.5 Å². The highest BCUT2D eigenvalue weighted by atomic mass is 15.3. The van der Waals surface area contributed by atoms with Crippen molar-refractivity contribution in [2.24, 2.45) is 17.7 Å². The Morgan fingerprint density at radius 3 is 2.33 bits per heavy atom. The first-order chi connectivity index (χ1) is 10.1. The quantitative estimate of drug-likeness (QED) is 0.586. The smallest absolute Gasteiger partial charge is 0.148 e. The lowest BCUT2D eigenvalue weighted by Crippen LogP contribution is -2.31. The molecule has 0 aromatic carbocycles. The second-order valence-corrected chi connectivity index (χ2v) is 6.93. The monoisotopic (exact) mass is 289 g/mol. The molecular formula is C16H27N5. The van der Waals surface area contributed by atoms with Crippen molar-refractivity contribution in [3.8, 4) is 0 Å². The number of aromatic nitrogens is 2. The molecule has 0 saturated heterocycles. The van der Waals surface area contributed by atoms with Crippen molar-refractivity contribution in [3.63, 3.8) is 0 Å². The molecule has 0 bridgehead atoms. The van der Waals surface area contributed by atoms with Crippen LogP contribution in [0.15, 0.2) is 0 Å². The zero-order valence-corrected chi connectivity index (χ0v) is 13.3. The molecule has 4 N–H and O–H groups in total. The number of hydrogen-bond donors (Lipinski definition) is 3. The Morgan fingerprint density at radius 2 is 1.71 bits per heavy atom. The van der Waals surface area contributed by atoms with Crippen LogP contribution in [0.5, 0.6) is 0 Å². The predicted molar refractivity (Wildman–Crippen MR) is 86.1 cm³/mol. The number of nitrogens with two attached hydrogens (primary N) is 1. The summed E-state index contributed by atoms with van der Waals surface area (Å²) in [5.41, 5.74) is 3.74. The van der Waals surface area contributed by atoms with Gasteiger partial charge in [0.2, 0.25) is 0 Å². The molecule has 0 spiro atoms. The van der Waals surface area contributed by atoms with Crippen LogP contribution in [-0.2, 0) is 0 Å². The maximum atomic E-state index is 5.61. The largest absolute Gasteiger partial charge is 0.367 e. The topological polar surface area (TPSA) is 75.9 Å². The summed E-state index contributed by atoms with van der Waals surface area (Å²) < 4.78 is 0. The summed E-state index contributed by atoms with van der Waals surface area (Å²) in [6.45, 7) is 6.75. The van der Waals surface area contributed by atoms with E-state index in [0.717, 1.165) is 34.9 Å². The van der Waals surface area contributed by atoms with Gasteiger partial charge in [-0.2, -0.15) is 0 Å². The molecule has 0 radical (unpaired) electrons. The Morgan fingerprint density at radius 1 is 1.00 bits per heavy atom. The van der Waals surface area contributed by atoms with Gasteiger partial charge >= 0.3 is 0 Å². The van der Waals surface area contributed by atoms with Crippen molar-refractivity contribution < 1.29 is 0 Å². The lowest BCUT2D eigenvalue weighted by molar-refractivity contribution is 0.260. The van der Waals surface area contributed by atoms with Crippen LogP contribution in [0.25, 0.3) is 0 Å². The summed E-state index contributed by atoms with van der Waals surface area (Å²) in [5.74, 6) is 10.4. The second kappa shape index (κ2) is 5.79. The lowest BCUT2D eigenvalue weighted by atomic mass is 9.79. The Kier molecular flexibility index (Phi) is 4.02. The van der Waals surface area contributed by atoms with Gasteiger partial charge in [0.15, 0.2) is 0 Å². The van der Waals surface area contributed by atoms with Gasteiger partial charge in [0.25, 0.3) is 0 Å². The van der Waals surface area contributed by atoms with Gasteiger partial charge < -0.3 is 10.7 Å². The van der Waals surface area contributed by atoms with Crippen LogP contribution < -0.4 is 16.6 Å². The maximum absolute atomic E-state index is 5.61. The minimum Gasteiger partial charge on any atom is -0.367 e. The summed E-state index contributed by atoms with van der Waals surface area (Å²) in [6, 6.07) is 0.516. The van der Waals surface area contributed by atoms with E-state index >= 15 is 0 Å². The van der Waals surface area contributed by atoms with E-state index in [4.69, 9.17) is 10.8 Å². The summed E-state index contributed by atoms with van der Waals surface area (Å²) >= 11 is 0. The summed E-state index contributed by atoms with van der Waals surface area (Å²) in [6.07, 6.45) is 6.13. The summed E-state index contributed by atoms with van der Waals surface area (Å²) in [7, 11) is 0. The van der Waals surface area contributed by atoms with Crippen LogP contribution in [0.2, 0.25) is 0 Å². The standard InChI is InChI=1S/C16H27N5/c1-9-4-7-13(8-10(9)2)18-14-11(3)15(21-17)20-16(19-14)12-5-6-12/h9-10,12-13H,4-8,17H2,1-3H3,(H2,18,19,20,21). The number of hydrazine groups is 1. The molecule has 1 aromatic rings. The molecule has 1 aromatic heterocycles. The zero-order chi connectivity index (χ0) is 15.0. The van der Waals surface area contributed by atoms with Gasteiger partial charge in [-0.3, -0.25) is 0 Å². The van der Waals surface area contributed by atoms with Crippen molar-refractivity contribution >= 4 is 11.6 Å². The fourth-order valence-electron chi connectivity index (χ4n) is 3.21. The molecule has 2 aliphatic carbocycles. The number of nitrogens with one attached hydrogen (secondary N) is 2. The van der Waals surface area contributed by atoms with Gasteiger partial charge in [-0.05, 0) is 50.9 Å². The van der Waals surface area contributed by atoms with E-state index in [9.17, 15) is 0 Å². The number of hydrogen-bond acceptors (Lipinski definition) is 5. The molecule has 5 heteroatoms. The zero-order valence-electron chi connectivity index (χ0n) is 13.3. The molecular weight excluding hydrogens is 262 g/mol. The van der Waals surface area contributed by atoms with Crippen molar-refractivity contribution in [1.29, 1.82) is 0 Å². The molecule has 3 rings (SSSR count). The molecule has 2 aliphatic rings. The summed E-state index contributed by atoms with van der Waals surface area (Å²) in [4.78, 5) is 9.31. The van der Waals surface area contributed by atoms with E-state index in [2.05, 4.69) is 29.6 Å². The molecule has 2 saturated carbocycles. The molecule has 116 valence electrons. The molecule has 0 aliphatic heterocycles. The van der Waals surface area contributed by atoms with Crippen LogP contribution in [0.4, 0.5) is 11.6 Å². The second-order valence-electron chi connectivity index (χ2n) is 6.93. The summed E-state index contributed by atoms with van der Waals surface area (Å²) in [5, 5.41) is 3.65. The normalized spacial score (nSPS) is 29.2. The van der Waals surface area contributed by atoms with Crippen LogP contribution in [-0.4, -0.2) is 16.0 Å². The van der Waals surface area contributed by atoms with E-state index < -0.39 is 0 Å². The van der Waals surface area contributed by atoms with Crippen LogP contribution >= 0.6 is 0 Å². The third-order valence-corrected chi connectivity index (χ3v) is 5.18. The van der Waals surface area contributed by atoms with Gasteiger partial charge in [-0.25, -0.2) is 15.8 Å². The average Bonchev–Trinajstić information content (AvgIpc) is 3.29. The van der Waals surface area contributed by atoms with E-state index in [-0.39, 0.29) is 0 Å². The van der Waals surface area contributed by atoms with Gasteiger partial charge in [-0.1, -0.05) is 13.8 Å². The fourth-order valence-corrected chi connectivity index (χ4v) is 3.21. The molecule has 5 nitrogen and oxygen atoms in total. The molecule has 2 fully saturated rings. The highest BCUT2D eigenvalue weighted by molar-refractivity contribution is 5.57. The first-order valence-electron chi connectivity index (χ1n) is 8.20. The van der Waals surface area contributed by atoms with Crippen LogP contribution in [0.3, 0.4) is 0 Å². The number of anilines is 2. The molecule has 21 heavy (non-hydrogen) atoms. The Balaban J connectivity index is 1.79. The lowest BCUT2D eigenvalue weighted by Gasteiger charge is -2.33. The van der Waals surface area contributed by atoms with E-state index in [1.165, 1.54) is 32.1 Å². The third kappa shape index (κ3) is 3.12. The minimum atomic E-state index is 0.516. The van der Waals surface area contributed by atoms with Crippen molar-refractivity contribution in [2.45, 2.75) is 64.8 Å². The van der Waals surface area contributed by atoms with Crippen LogP contribution in [0.1, 0.15) is 63.3 Å². The van der Waals surface area contributed by atoms with Crippen molar-refractivity contribution in [2.75, 3.05) is 10.7 Å². The Hall–Kier alpha value is -1.36. The molecule has 3 atom stereocenters. The molecule has 3 unspecified atom stereocenters. The van der Waals surface area contributed by atoms with Gasteiger partial charge in [-0.15, -0.1) is 0 Å². The van der Waals surface area contributed by atoms with Gasteiger partial charge in [0, 0.05) is 17.5 Å². The average molecular weight is 289 g/mol. The van der Waals surface area contributed by atoms with E-state index in [0.29, 0.717) is 12.0 Å². The first-order valence-corrected chi connectivity index (χ1v) is 8.20. The minimum absolute atomic E-state index is 0.516. The van der Waals surface area contributed by atoms with E-state index in [1.54, 1.807) is 0 Å². The van der Waals surface area contributed by atoms with Crippen LogP contribution in [0, 0.1) is 18.8 Å². The SMILES string of the molecule is Cc1c(NN)nc(C2CC2)nc1NC1CCC(C)C(C)C1. The van der Waals surface area contributed by atoms with E-state index in [1.807, 2.05) is 6.92 Å². The predicted octanol–water partition coefficient (Wildman–Crippen LogP) is 3.18. The molecule has 0 amide bonds. The first kappa shape index (κ1) is 14.6. The third-order valence-electron chi connectivity index (χ3n) is 5.18. The van der Waals surface area contributed by atoms with Crippen molar-refractivity contribution in [1.82, 2.24) is 9.97 Å². The molecule has 1 heterocycles. The highest BCUT2D eigenvalue weighted by Gasteiger charge is 2.29. The number of rotatable bonds is 4. The number of nitrogens with zero attached hydrogens (tertiary/aromatic N) is 2. The number of nitrogen functional groups attached to an aromatic ring is 1. The van der Waals surface area contributed by atoms with Crippen molar-refractivity contribution in [3.05, 3.63) is 11.4 Å². The van der Waals surface area contributed by atoms with Gasteiger partial charge in [0.05, 0.1) is 0 Å².